The van der Waals surface area contributed by atoms with Crippen molar-refractivity contribution in [3.63, 3.8) is 0 Å². The van der Waals surface area contributed by atoms with Crippen molar-refractivity contribution in [3.8, 4) is 5.75 Å². The molecule has 1 unspecified atom stereocenters. The highest BCUT2D eigenvalue weighted by atomic mass is 19.3. The van der Waals surface area contributed by atoms with Crippen molar-refractivity contribution in [2.45, 2.75) is 25.0 Å². The van der Waals surface area contributed by atoms with Crippen molar-refractivity contribution in [1.29, 1.82) is 0 Å². The third-order valence-corrected chi connectivity index (χ3v) is 3.57. The predicted molar refractivity (Wildman–Crippen MR) is 89.2 cm³/mol. The topological polar surface area (TPSA) is 38.3 Å². The highest BCUT2D eigenvalue weighted by Crippen LogP contribution is 2.32. The lowest BCUT2D eigenvalue weighted by molar-refractivity contribution is -0.253. The first-order chi connectivity index (χ1) is 13.1. The van der Waals surface area contributed by atoms with Crippen LogP contribution in [-0.4, -0.2) is 18.4 Å². The summed E-state index contributed by atoms with van der Waals surface area (Å²) in [5, 5.41) is 2.52. The molecular formula is C19H15F6NO2. The Bertz CT molecular complexity index is 839. The molecule has 0 aliphatic carbocycles. The summed E-state index contributed by atoms with van der Waals surface area (Å²) in [5.74, 6) is -3.01. The lowest BCUT2D eigenvalue weighted by Gasteiger charge is -2.22. The summed E-state index contributed by atoms with van der Waals surface area (Å²) < 4.78 is 82.1. The number of hydrogen-bond donors (Lipinski definition) is 1. The Morgan fingerprint density at radius 2 is 1.71 bits per heavy atom. The van der Waals surface area contributed by atoms with Gasteiger partial charge in [0.2, 0.25) is 5.91 Å². The molecule has 0 heterocycles. The monoisotopic (exact) mass is 403 g/mol. The third-order valence-electron chi connectivity index (χ3n) is 3.57. The molecule has 0 aliphatic rings. The van der Waals surface area contributed by atoms with Crippen LogP contribution in [0, 0.1) is 11.6 Å². The smallest absolute Gasteiger partial charge is 0.428 e. The SMILES string of the molecule is C=CCC(=O)NC(c1ccc(F)cc1)c1cc(F)cc(OC(F)(F)C(F)F)c1. The van der Waals surface area contributed by atoms with Gasteiger partial charge in [-0.3, -0.25) is 4.79 Å². The number of nitrogens with one attached hydrogen (secondary N) is 1. The fourth-order valence-electron chi connectivity index (χ4n) is 2.38. The summed E-state index contributed by atoms with van der Waals surface area (Å²) in [6.07, 6.45) is -7.75. The van der Waals surface area contributed by atoms with Gasteiger partial charge in [-0.2, -0.15) is 17.6 Å². The molecule has 150 valence electrons. The number of ether oxygens (including phenoxy) is 1. The maximum absolute atomic E-state index is 13.9. The van der Waals surface area contributed by atoms with Gasteiger partial charge in [-0.25, -0.2) is 8.78 Å². The van der Waals surface area contributed by atoms with Crippen molar-refractivity contribution >= 4 is 5.91 Å². The maximum Gasteiger partial charge on any atom is 0.461 e. The zero-order valence-corrected chi connectivity index (χ0v) is 14.3. The van der Waals surface area contributed by atoms with E-state index >= 15 is 0 Å². The van der Waals surface area contributed by atoms with Crippen LogP contribution < -0.4 is 10.1 Å². The van der Waals surface area contributed by atoms with Gasteiger partial charge in [0.15, 0.2) is 0 Å². The van der Waals surface area contributed by atoms with E-state index in [9.17, 15) is 31.1 Å². The number of alkyl halides is 4. The summed E-state index contributed by atoms with van der Waals surface area (Å²) in [7, 11) is 0. The lowest BCUT2D eigenvalue weighted by Crippen LogP contribution is -2.33. The molecule has 1 atom stereocenters. The molecule has 0 saturated heterocycles. The van der Waals surface area contributed by atoms with E-state index in [1.807, 2.05) is 0 Å². The molecule has 2 aromatic rings. The van der Waals surface area contributed by atoms with Gasteiger partial charge in [0.25, 0.3) is 0 Å². The number of benzene rings is 2. The lowest BCUT2D eigenvalue weighted by atomic mass is 9.98. The van der Waals surface area contributed by atoms with E-state index in [2.05, 4.69) is 16.6 Å². The second kappa shape index (κ2) is 8.81. The van der Waals surface area contributed by atoms with Gasteiger partial charge < -0.3 is 10.1 Å². The molecule has 0 saturated carbocycles. The molecular weight excluding hydrogens is 388 g/mol. The third kappa shape index (κ3) is 5.51. The molecule has 9 heteroatoms. The van der Waals surface area contributed by atoms with Gasteiger partial charge >= 0.3 is 12.5 Å². The molecule has 0 aromatic heterocycles. The zero-order chi connectivity index (χ0) is 20.9. The number of amides is 1. The maximum atomic E-state index is 13.9. The van der Waals surface area contributed by atoms with Crippen molar-refractivity contribution in [2.24, 2.45) is 0 Å². The summed E-state index contributed by atoms with van der Waals surface area (Å²) in [6, 6.07) is 6.00. The average Bonchev–Trinajstić information content (AvgIpc) is 2.59. The molecule has 2 rings (SSSR count). The molecule has 0 aliphatic heterocycles. The summed E-state index contributed by atoms with van der Waals surface area (Å²) in [5.41, 5.74) is 0.236. The van der Waals surface area contributed by atoms with Gasteiger partial charge in [-0.1, -0.05) is 18.2 Å². The molecule has 0 fully saturated rings. The van der Waals surface area contributed by atoms with Gasteiger partial charge in [0.1, 0.15) is 17.4 Å². The van der Waals surface area contributed by atoms with E-state index in [0.717, 1.165) is 24.3 Å². The summed E-state index contributed by atoms with van der Waals surface area (Å²) in [4.78, 5) is 12.0. The number of rotatable bonds is 8. The Balaban J connectivity index is 2.45. The standard InChI is InChI=1S/C19H15F6NO2/c1-2-3-16(27)26-17(11-4-6-13(20)7-5-11)12-8-14(21)10-15(9-12)28-19(24,25)18(22)23/h2,4-10,17-18H,1,3H2,(H,26,27). The Labute approximate surface area is 156 Å². The molecule has 0 radical (unpaired) electrons. The van der Waals surface area contributed by atoms with Crippen LogP contribution in [0.15, 0.2) is 55.1 Å². The molecule has 0 spiro atoms. The van der Waals surface area contributed by atoms with Crippen molar-refractivity contribution in [2.75, 3.05) is 0 Å². The first kappa shape index (κ1) is 21.3. The molecule has 28 heavy (non-hydrogen) atoms. The fourth-order valence-corrected chi connectivity index (χ4v) is 2.38. The number of halogens is 6. The van der Waals surface area contributed by atoms with Gasteiger partial charge in [0, 0.05) is 12.5 Å². The van der Waals surface area contributed by atoms with E-state index in [1.165, 1.54) is 18.2 Å². The summed E-state index contributed by atoms with van der Waals surface area (Å²) >= 11 is 0. The average molecular weight is 403 g/mol. The van der Waals surface area contributed by atoms with Crippen LogP contribution in [0.1, 0.15) is 23.6 Å². The normalized spacial score (nSPS) is 12.5. The van der Waals surface area contributed by atoms with Crippen LogP contribution in [-0.2, 0) is 4.79 Å². The first-order valence-corrected chi connectivity index (χ1v) is 7.93. The Kier molecular flexibility index (Phi) is 6.71. The number of carbonyl (C=O) groups is 1. The minimum absolute atomic E-state index is 0.0657. The highest BCUT2D eigenvalue weighted by molar-refractivity contribution is 5.78. The molecule has 1 N–H and O–H groups in total. The van der Waals surface area contributed by atoms with Gasteiger partial charge in [0.05, 0.1) is 6.04 Å². The van der Waals surface area contributed by atoms with Crippen LogP contribution in [0.2, 0.25) is 0 Å². The van der Waals surface area contributed by atoms with Crippen LogP contribution in [0.4, 0.5) is 26.3 Å². The van der Waals surface area contributed by atoms with E-state index < -0.39 is 41.9 Å². The minimum Gasteiger partial charge on any atom is -0.428 e. The summed E-state index contributed by atoms with van der Waals surface area (Å²) in [6.45, 7) is 3.41. The first-order valence-electron chi connectivity index (χ1n) is 7.93. The minimum atomic E-state index is -4.83. The van der Waals surface area contributed by atoms with Crippen molar-refractivity contribution in [3.05, 3.63) is 77.9 Å². The van der Waals surface area contributed by atoms with E-state index in [0.29, 0.717) is 11.6 Å². The number of carbonyl (C=O) groups excluding carboxylic acids is 1. The van der Waals surface area contributed by atoms with Crippen LogP contribution >= 0.6 is 0 Å². The van der Waals surface area contributed by atoms with Crippen molar-refractivity contribution in [1.82, 2.24) is 5.32 Å². The van der Waals surface area contributed by atoms with Crippen LogP contribution in [0.25, 0.3) is 0 Å². The zero-order valence-electron chi connectivity index (χ0n) is 14.3. The Morgan fingerprint density at radius 1 is 1.07 bits per heavy atom. The largest absolute Gasteiger partial charge is 0.461 e. The van der Waals surface area contributed by atoms with Crippen LogP contribution in [0.5, 0.6) is 5.75 Å². The van der Waals surface area contributed by atoms with Crippen LogP contribution in [0.3, 0.4) is 0 Å². The second-order valence-corrected chi connectivity index (χ2v) is 5.73. The quantitative estimate of drug-likeness (QED) is 0.499. The van der Waals surface area contributed by atoms with Gasteiger partial charge in [-0.05, 0) is 35.4 Å². The molecule has 1 amide bonds. The number of hydrogen-bond acceptors (Lipinski definition) is 2. The molecule has 3 nitrogen and oxygen atoms in total. The Hall–Kier alpha value is -2.97. The van der Waals surface area contributed by atoms with Gasteiger partial charge in [-0.15, -0.1) is 6.58 Å². The Morgan fingerprint density at radius 3 is 2.29 bits per heavy atom. The van der Waals surface area contributed by atoms with E-state index in [-0.39, 0.29) is 12.0 Å². The predicted octanol–water partition coefficient (Wildman–Crippen LogP) is 4.98. The highest BCUT2D eigenvalue weighted by Gasteiger charge is 2.44. The van der Waals surface area contributed by atoms with Crippen molar-refractivity contribution < 1.29 is 35.9 Å². The molecule has 2 aromatic carbocycles. The van der Waals surface area contributed by atoms with E-state index in [1.54, 1.807) is 0 Å². The molecule has 0 bridgehead atoms. The fraction of sp³-hybridized carbons (Fsp3) is 0.211. The van der Waals surface area contributed by atoms with E-state index in [4.69, 9.17) is 0 Å². The second-order valence-electron chi connectivity index (χ2n) is 5.73.